The Labute approximate surface area is 140 Å². The Kier molecular flexibility index (Phi) is 5.27. The number of hydrogen-bond acceptors (Lipinski definition) is 3. The Morgan fingerprint density at radius 2 is 1.70 bits per heavy atom. The first-order valence-corrected chi connectivity index (χ1v) is 9.12. The van der Waals surface area contributed by atoms with Crippen LogP contribution in [0.15, 0.2) is 24.3 Å². The molecule has 1 N–H and O–H groups in total. The third-order valence-corrected chi connectivity index (χ3v) is 6.18. The van der Waals surface area contributed by atoms with Crippen molar-refractivity contribution in [2.75, 3.05) is 26.8 Å². The third-order valence-electron chi connectivity index (χ3n) is 6.18. The van der Waals surface area contributed by atoms with Gasteiger partial charge in [-0.1, -0.05) is 19.1 Å². The predicted molar refractivity (Wildman–Crippen MR) is 94.0 cm³/mol. The molecule has 2 fully saturated rings. The molecule has 1 saturated carbocycles. The molecule has 1 aromatic rings. The number of rotatable bonds is 4. The minimum absolute atomic E-state index is 0.178. The van der Waals surface area contributed by atoms with Crippen molar-refractivity contribution >= 4 is 0 Å². The molecule has 1 aromatic carbocycles. The molecule has 0 atom stereocenters. The van der Waals surface area contributed by atoms with Crippen LogP contribution in [0.5, 0.6) is 5.75 Å². The van der Waals surface area contributed by atoms with Crippen molar-refractivity contribution in [1.29, 1.82) is 0 Å². The van der Waals surface area contributed by atoms with Gasteiger partial charge in [-0.25, -0.2) is 0 Å². The molecule has 128 valence electrons. The van der Waals surface area contributed by atoms with Gasteiger partial charge < -0.3 is 14.7 Å². The molecule has 0 aromatic heterocycles. The van der Waals surface area contributed by atoms with Crippen molar-refractivity contribution in [3.05, 3.63) is 29.8 Å². The maximum absolute atomic E-state index is 9.52. The summed E-state index contributed by atoms with van der Waals surface area (Å²) in [5.74, 6) is 1.64. The number of piperidine rings is 1. The molecule has 0 bridgehead atoms. The van der Waals surface area contributed by atoms with Gasteiger partial charge >= 0.3 is 0 Å². The quantitative estimate of drug-likeness (QED) is 0.916. The lowest BCUT2D eigenvalue weighted by molar-refractivity contribution is 0.0443. The molecule has 0 radical (unpaired) electrons. The van der Waals surface area contributed by atoms with Crippen molar-refractivity contribution in [2.24, 2.45) is 5.41 Å². The Balaban J connectivity index is 1.50. The highest BCUT2D eigenvalue weighted by Gasteiger charge is 2.34. The van der Waals surface area contributed by atoms with E-state index < -0.39 is 0 Å². The van der Waals surface area contributed by atoms with Gasteiger partial charge in [0.15, 0.2) is 0 Å². The molecule has 1 aliphatic heterocycles. The smallest absolute Gasteiger partial charge is 0.118 e. The molecule has 3 nitrogen and oxygen atoms in total. The summed E-state index contributed by atoms with van der Waals surface area (Å²) in [5, 5.41) is 9.52. The van der Waals surface area contributed by atoms with Crippen LogP contribution < -0.4 is 4.74 Å². The molecule has 0 spiro atoms. The fourth-order valence-corrected chi connectivity index (χ4v) is 4.30. The molecular weight excluding hydrogens is 286 g/mol. The second kappa shape index (κ2) is 7.23. The van der Waals surface area contributed by atoms with Gasteiger partial charge in [-0.15, -0.1) is 0 Å². The third kappa shape index (κ3) is 3.89. The molecule has 1 saturated heterocycles. The van der Waals surface area contributed by atoms with Crippen molar-refractivity contribution in [1.82, 2.24) is 4.90 Å². The summed E-state index contributed by atoms with van der Waals surface area (Å²) < 4.78 is 5.25. The van der Waals surface area contributed by atoms with Crippen LogP contribution >= 0.6 is 0 Å². The van der Waals surface area contributed by atoms with Crippen LogP contribution in [0.4, 0.5) is 0 Å². The topological polar surface area (TPSA) is 32.7 Å². The minimum Gasteiger partial charge on any atom is -0.497 e. The van der Waals surface area contributed by atoms with Gasteiger partial charge in [0.1, 0.15) is 5.75 Å². The van der Waals surface area contributed by atoms with Crippen LogP contribution in [-0.4, -0.2) is 42.9 Å². The Morgan fingerprint density at radius 1 is 1.09 bits per heavy atom. The SMILES string of the molecule is COc1ccc(C2CCN(C3CCC(C)(CO)CC3)CC2)cc1. The van der Waals surface area contributed by atoms with Gasteiger partial charge in [0, 0.05) is 12.6 Å². The van der Waals surface area contributed by atoms with Crippen molar-refractivity contribution < 1.29 is 9.84 Å². The summed E-state index contributed by atoms with van der Waals surface area (Å²) in [5.41, 5.74) is 1.64. The zero-order valence-corrected chi connectivity index (χ0v) is 14.6. The highest BCUT2D eigenvalue weighted by Crippen LogP contribution is 2.39. The highest BCUT2D eigenvalue weighted by molar-refractivity contribution is 5.29. The zero-order chi connectivity index (χ0) is 16.3. The Morgan fingerprint density at radius 3 is 2.22 bits per heavy atom. The van der Waals surface area contributed by atoms with E-state index in [2.05, 4.69) is 36.1 Å². The number of aliphatic hydroxyl groups excluding tert-OH is 1. The molecule has 0 amide bonds. The molecule has 3 rings (SSSR count). The number of aliphatic hydroxyl groups is 1. The number of benzene rings is 1. The van der Waals surface area contributed by atoms with Crippen LogP contribution in [-0.2, 0) is 0 Å². The molecule has 3 heteroatoms. The number of methoxy groups -OCH3 is 1. The van der Waals surface area contributed by atoms with E-state index in [0.717, 1.165) is 11.8 Å². The normalized spacial score (nSPS) is 30.3. The van der Waals surface area contributed by atoms with Crippen LogP contribution in [0.3, 0.4) is 0 Å². The van der Waals surface area contributed by atoms with Gasteiger partial charge in [-0.05, 0) is 80.6 Å². The van der Waals surface area contributed by atoms with E-state index in [1.165, 1.54) is 57.2 Å². The van der Waals surface area contributed by atoms with Crippen LogP contribution in [0.1, 0.15) is 56.9 Å². The average molecular weight is 317 g/mol. The highest BCUT2D eigenvalue weighted by atomic mass is 16.5. The largest absolute Gasteiger partial charge is 0.497 e. The second-order valence-corrected chi connectivity index (χ2v) is 7.78. The van der Waals surface area contributed by atoms with Crippen LogP contribution in [0.25, 0.3) is 0 Å². The standard InChI is InChI=1S/C20H31NO2/c1-20(15-22)11-7-18(8-12-20)21-13-9-17(10-14-21)16-3-5-19(23-2)6-4-16/h3-6,17-18,22H,7-15H2,1-2H3. The summed E-state index contributed by atoms with van der Waals surface area (Å²) >= 11 is 0. The lowest BCUT2D eigenvalue weighted by atomic mass is 9.74. The van der Waals surface area contributed by atoms with E-state index in [0.29, 0.717) is 12.5 Å². The lowest BCUT2D eigenvalue weighted by Crippen LogP contribution is -2.44. The summed E-state index contributed by atoms with van der Waals surface area (Å²) in [6, 6.07) is 9.36. The molecule has 2 aliphatic rings. The number of ether oxygens (including phenoxy) is 1. The van der Waals surface area contributed by atoms with Crippen molar-refractivity contribution in [3.8, 4) is 5.75 Å². The number of hydrogen-bond donors (Lipinski definition) is 1. The van der Waals surface area contributed by atoms with E-state index in [4.69, 9.17) is 4.74 Å². The zero-order valence-electron chi connectivity index (χ0n) is 14.6. The summed E-state index contributed by atoms with van der Waals surface area (Å²) in [4.78, 5) is 2.71. The maximum Gasteiger partial charge on any atom is 0.118 e. The second-order valence-electron chi connectivity index (χ2n) is 7.78. The van der Waals surface area contributed by atoms with Crippen molar-refractivity contribution in [2.45, 2.75) is 57.4 Å². The molecule has 23 heavy (non-hydrogen) atoms. The Bertz CT molecular complexity index is 483. The van der Waals surface area contributed by atoms with E-state index in [9.17, 15) is 5.11 Å². The molecule has 1 aliphatic carbocycles. The van der Waals surface area contributed by atoms with E-state index in [-0.39, 0.29) is 5.41 Å². The lowest BCUT2D eigenvalue weighted by Gasteiger charge is -2.43. The van der Waals surface area contributed by atoms with Crippen molar-refractivity contribution in [3.63, 3.8) is 0 Å². The first-order chi connectivity index (χ1) is 11.1. The number of likely N-dealkylation sites (tertiary alicyclic amines) is 1. The van der Waals surface area contributed by atoms with Crippen LogP contribution in [0, 0.1) is 5.41 Å². The predicted octanol–water partition coefficient (Wildman–Crippen LogP) is 3.82. The minimum atomic E-state index is 0.178. The maximum atomic E-state index is 9.52. The number of nitrogens with zero attached hydrogens (tertiary/aromatic N) is 1. The first-order valence-electron chi connectivity index (χ1n) is 9.12. The summed E-state index contributed by atoms with van der Waals surface area (Å²) in [6.45, 7) is 5.02. The van der Waals surface area contributed by atoms with Gasteiger partial charge in [0.25, 0.3) is 0 Å². The van der Waals surface area contributed by atoms with E-state index in [1.54, 1.807) is 7.11 Å². The van der Waals surface area contributed by atoms with Gasteiger partial charge in [-0.2, -0.15) is 0 Å². The molecule has 0 unspecified atom stereocenters. The molecular formula is C20H31NO2. The average Bonchev–Trinajstić information content (AvgIpc) is 2.63. The van der Waals surface area contributed by atoms with Gasteiger partial charge in [-0.3, -0.25) is 0 Å². The van der Waals surface area contributed by atoms with E-state index in [1.807, 2.05) is 0 Å². The van der Waals surface area contributed by atoms with Crippen LogP contribution in [0.2, 0.25) is 0 Å². The summed E-state index contributed by atoms with van der Waals surface area (Å²) in [6.07, 6.45) is 7.38. The molecule has 1 heterocycles. The first kappa shape index (κ1) is 16.8. The fourth-order valence-electron chi connectivity index (χ4n) is 4.30. The Hall–Kier alpha value is -1.06. The summed E-state index contributed by atoms with van der Waals surface area (Å²) in [7, 11) is 1.72. The monoisotopic (exact) mass is 317 g/mol. The van der Waals surface area contributed by atoms with Gasteiger partial charge in [0.05, 0.1) is 7.11 Å². The fraction of sp³-hybridized carbons (Fsp3) is 0.700. The van der Waals surface area contributed by atoms with Gasteiger partial charge in [0.2, 0.25) is 0 Å². The van der Waals surface area contributed by atoms with E-state index >= 15 is 0 Å².